The van der Waals surface area contributed by atoms with Gasteiger partial charge in [0.1, 0.15) is 5.69 Å². The van der Waals surface area contributed by atoms with Crippen LogP contribution in [0.2, 0.25) is 0 Å². The van der Waals surface area contributed by atoms with Crippen molar-refractivity contribution in [1.29, 1.82) is 0 Å². The van der Waals surface area contributed by atoms with Gasteiger partial charge in [-0.2, -0.15) is 13.2 Å². The molecule has 104 valence electrons. The molecule has 0 saturated carbocycles. The molecule has 4 nitrogen and oxygen atoms in total. The van der Waals surface area contributed by atoms with Gasteiger partial charge < -0.3 is 10.6 Å². The minimum absolute atomic E-state index is 0.127. The normalized spacial score (nSPS) is 19.4. The van der Waals surface area contributed by atoms with E-state index in [1.54, 1.807) is 0 Å². The van der Waals surface area contributed by atoms with E-state index in [0.717, 1.165) is 31.6 Å². The predicted octanol–water partition coefficient (Wildman–Crippen LogP) is 1.47. The smallest absolute Gasteiger partial charge is 0.351 e. The van der Waals surface area contributed by atoms with Crippen LogP contribution >= 0.6 is 0 Å². The number of rotatable bonds is 3. The van der Waals surface area contributed by atoms with E-state index < -0.39 is 11.9 Å². The van der Waals surface area contributed by atoms with Gasteiger partial charge in [0.2, 0.25) is 5.91 Å². The molecule has 1 aliphatic rings. The SMILES string of the molecule is O=C(NCc1ccc(C(F)(F)F)nc1)C1CCCN1. The Morgan fingerprint density at radius 3 is 2.79 bits per heavy atom. The molecule has 19 heavy (non-hydrogen) atoms. The second kappa shape index (κ2) is 5.56. The number of hydrogen-bond donors (Lipinski definition) is 2. The van der Waals surface area contributed by atoms with Crippen molar-refractivity contribution in [3.8, 4) is 0 Å². The number of nitrogens with zero attached hydrogens (tertiary/aromatic N) is 1. The molecule has 0 aromatic carbocycles. The molecule has 1 fully saturated rings. The molecule has 1 amide bonds. The lowest BCUT2D eigenvalue weighted by molar-refractivity contribution is -0.141. The molecule has 0 aliphatic carbocycles. The van der Waals surface area contributed by atoms with Crippen molar-refractivity contribution in [1.82, 2.24) is 15.6 Å². The largest absolute Gasteiger partial charge is 0.433 e. The molecule has 1 saturated heterocycles. The monoisotopic (exact) mass is 273 g/mol. The second-order valence-electron chi connectivity index (χ2n) is 4.42. The van der Waals surface area contributed by atoms with Gasteiger partial charge in [-0.05, 0) is 31.0 Å². The third-order valence-corrected chi connectivity index (χ3v) is 2.96. The molecule has 2 rings (SSSR count). The first kappa shape index (κ1) is 13.8. The van der Waals surface area contributed by atoms with Crippen LogP contribution in [-0.4, -0.2) is 23.5 Å². The fourth-order valence-corrected chi connectivity index (χ4v) is 1.92. The highest BCUT2D eigenvalue weighted by Crippen LogP contribution is 2.27. The van der Waals surface area contributed by atoms with Gasteiger partial charge in [0.25, 0.3) is 0 Å². The van der Waals surface area contributed by atoms with Crippen LogP contribution in [-0.2, 0) is 17.5 Å². The Bertz CT molecular complexity index is 439. The van der Waals surface area contributed by atoms with E-state index in [4.69, 9.17) is 0 Å². The molecular formula is C12H14F3N3O. The summed E-state index contributed by atoms with van der Waals surface area (Å²) in [6.07, 6.45) is -1.56. The molecule has 0 radical (unpaired) electrons. The van der Waals surface area contributed by atoms with Crippen LogP contribution in [0.5, 0.6) is 0 Å². The van der Waals surface area contributed by atoms with Gasteiger partial charge in [-0.3, -0.25) is 9.78 Å². The Hall–Kier alpha value is -1.63. The molecule has 1 aromatic rings. The average molecular weight is 273 g/mol. The molecule has 1 atom stereocenters. The molecule has 2 N–H and O–H groups in total. The van der Waals surface area contributed by atoms with Gasteiger partial charge in [0.05, 0.1) is 6.04 Å². The molecule has 0 spiro atoms. The molecule has 2 heterocycles. The topological polar surface area (TPSA) is 54.0 Å². The summed E-state index contributed by atoms with van der Waals surface area (Å²) in [5.74, 6) is -0.127. The van der Waals surface area contributed by atoms with Crippen molar-refractivity contribution in [2.75, 3.05) is 6.54 Å². The average Bonchev–Trinajstić information content (AvgIpc) is 2.89. The van der Waals surface area contributed by atoms with E-state index in [1.807, 2.05) is 0 Å². The fraction of sp³-hybridized carbons (Fsp3) is 0.500. The maximum Gasteiger partial charge on any atom is 0.433 e. The van der Waals surface area contributed by atoms with Gasteiger partial charge in [0, 0.05) is 12.7 Å². The zero-order valence-electron chi connectivity index (χ0n) is 10.1. The van der Waals surface area contributed by atoms with Crippen LogP contribution in [0.3, 0.4) is 0 Å². The Kier molecular flexibility index (Phi) is 4.04. The minimum atomic E-state index is -4.43. The van der Waals surface area contributed by atoms with E-state index in [2.05, 4.69) is 15.6 Å². The summed E-state index contributed by atoms with van der Waals surface area (Å²) in [6, 6.07) is 2.04. The molecule has 1 aliphatic heterocycles. The van der Waals surface area contributed by atoms with Crippen molar-refractivity contribution in [2.45, 2.75) is 31.6 Å². The Balaban J connectivity index is 1.87. The van der Waals surface area contributed by atoms with Crippen molar-refractivity contribution >= 4 is 5.91 Å². The first-order valence-corrected chi connectivity index (χ1v) is 6.00. The molecule has 1 aromatic heterocycles. The summed E-state index contributed by atoms with van der Waals surface area (Å²) in [4.78, 5) is 15.0. The van der Waals surface area contributed by atoms with Crippen LogP contribution in [0.15, 0.2) is 18.3 Å². The van der Waals surface area contributed by atoms with Crippen LogP contribution in [0.25, 0.3) is 0 Å². The third-order valence-electron chi connectivity index (χ3n) is 2.96. The maximum absolute atomic E-state index is 12.3. The van der Waals surface area contributed by atoms with Gasteiger partial charge >= 0.3 is 6.18 Å². The van der Waals surface area contributed by atoms with Crippen LogP contribution in [0.4, 0.5) is 13.2 Å². The number of carbonyl (C=O) groups is 1. The van der Waals surface area contributed by atoms with Crippen molar-refractivity contribution in [3.63, 3.8) is 0 Å². The Labute approximate surface area is 108 Å². The highest BCUT2D eigenvalue weighted by molar-refractivity contribution is 5.81. The van der Waals surface area contributed by atoms with E-state index in [0.29, 0.717) is 5.56 Å². The molecular weight excluding hydrogens is 259 g/mol. The van der Waals surface area contributed by atoms with E-state index in [9.17, 15) is 18.0 Å². The van der Waals surface area contributed by atoms with E-state index >= 15 is 0 Å². The maximum atomic E-state index is 12.3. The summed E-state index contributed by atoms with van der Waals surface area (Å²) in [7, 11) is 0. The standard InChI is InChI=1S/C12H14F3N3O/c13-12(14,15)10-4-3-8(6-17-10)7-18-11(19)9-2-1-5-16-9/h3-4,6,9,16H,1-2,5,7H2,(H,18,19). The van der Waals surface area contributed by atoms with Gasteiger partial charge in [-0.25, -0.2) is 0 Å². The fourth-order valence-electron chi connectivity index (χ4n) is 1.92. The lowest BCUT2D eigenvalue weighted by Gasteiger charge is -2.11. The summed E-state index contributed by atoms with van der Waals surface area (Å²) in [5, 5.41) is 5.72. The number of alkyl halides is 3. The quantitative estimate of drug-likeness (QED) is 0.877. The number of hydrogen-bond acceptors (Lipinski definition) is 3. The van der Waals surface area contributed by atoms with E-state index in [1.165, 1.54) is 6.07 Å². The van der Waals surface area contributed by atoms with Crippen molar-refractivity contribution < 1.29 is 18.0 Å². The lowest BCUT2D eigenvalue weighted by Crippen LogP contribution is -2.40. The zero-order chi connectivity index (χ0) is 13.9. The highest BCUT2D eigenvalue weighted by atomic mass is 19.4. The number of nitrogens with one attached hydrogen (secondary N) is 2. The predicted molar refractivity (Wildman–Crippen MR) is 62.1 cm³/mol. The molecule has 1 unspecified atom stereocenters. The zero-order valence-corrected chi connectivity index (χ0v) is 10.1. The number of amides is 1. The summed E-state index contributed by atoms with van der Waals surface area (Å²) in [5.41, 5.74) is -0.389. The first-order chi connectivity index (χ1) is 8.97. The summed E-state index contributed by atoms with van der Waals surface area (Å²) in [6.45, 7) is 1.00. The third kappa shape index (κ3) is 3.66. The van der Waals surface area contributed by atoms with Crippen molar-refractivity contribution in [3.05, 3.63) is 29.6 Å². The van der Waals surface area contributed by atoms with Gasteiger partial charge in [-0.15, -0.1) is 0 Å². The highest BCUT2D eigenvalue weighted by Gasteiger charge is 2.32. The lowest BCUT2D eigenvalue weighted by atomic mass is 10.2. The number of pyridine rings is 1. The van der Waals surface area contributed by atoms with Crippen molar-refractivity contribution in [2.24, 2.45) is 0 Å². The second-order valence-corrected chi connectivity index (χ2v) is 4.42. The van der Waals surface area contributed by atoms with Gasteiger partial charge in [0.15, 0.2) is 0 Å². The minimum Gasteiger partial charge on any atom is -0.351 e. The Morgan fingerprint density at radius 1 is 1.47 bits per heavy atom. The molecule has 0 bridgehead atoms. The first-order valence-electron chi connectivity index (χ1n) is 6.00. The molecule has 7 heteroatoms. The van der Waals surface area contributed by atoms with Crippen LogP contribution in [0, 0.1) is 0 Å². The summed E-state index contributed by atoms with van der Waals surface area (Å²) < 4.78 is 36.9. The van der Waals surface area contributed by atoms with Gasteiger partial charge in [-0.1, -0.05) is 6.07 Å². The summed E-state index contributed by atoms with van der Waals surface area (Å²) >= 11 is 0. The van der Waals surface area contributed by atoms with Crippen LogP contribution in [0.1, 0.15) is 24.1 Å². The number of aromatic nitrogens is 1. The Morgan fingerprint density at radius 2 is 2.26 bits per heavy atom. The number of halogens is 3. The van der Waals surface area contributed by atoms with E-state index in [-0.39, 0.29) is 18.5 Å². The van der Waals surface area contributed by atoms with Crippen LogP contribution < -0.4 is 10.6 Å². The number of carbonyl (C=O) groups excluding carboxylic acids is 1.